The minimum absolute atomic E-state index is 0.0257. The Labute approximate surface area is 266 Å². The van der Waals surface area contributed by atoms with Crippen molar-refractivity contribution in [3.05, 3.63) is 99.1 Å². The number of nitro groups is 1. The number of nitro benzene ring substituents is 1. The fraction of sp³-hybridized carbons (Fsp3) is 0.281. The molecule has 5 rings (SSSR count). The molecule has 228 valence electrons. The van der Waals surface area contributed by atoms with Gasteiger partial charge < -0.3 is 20.0 Å². The highest BCUT2D eigenvalue weighted by Crippen LogP contribution is 2.32. The van der Waals surface area contributed by atoms with E-state index >= 15 is 0 Å². The third kappa shape index (κ3) is 7.72. The molecule has 0 aromatic heterocycles. The second-order valence-corrected chi connectivity index (χ2v) is 11.5. The molecule has 44 heavy (non-hydrogen) atoms. The highest BCUT2D eigenvalue weighted by molar-refractivity contribution is 7.80. The number of amides is 2. The van der Waals surface area contributed by atoms with E-state index in [0.29, 0.717) is 42.6 Å². The second kappa shape index (κ2) is 14.3. The molecule has 2 aliphatic rings. The third-order valence-corrected chi connectivity index (χ3v) is 8.22. The third-order valence-electron chi connectivity index (χ3n) is 7.71. The monoisotopic (exact) mass is 632 g/mol. The number of nitrogens with zero attached hydrogens (tertiary/aromatic N) is 4. The summed E-state index contributed by atoms with van der Waals surface area (Å²) in [6, 6.07) is 19.6. The minimum Gasteiger partial charge on any atom is -0.367 e. The molecule has 0 aliphatic carbocycles. The largest absolute Gasteiger partial charge is 0.367 e. The van der Waals surface area contributed by atoms with E-state index < -0.39 is 10.8 Å². The van der Waals surface area contributed by atoms with E-state index in [2.05, 4.69) is 15.5 Å². The van der Waals surface area contributed by atoms with Crippen LogP contribution in [0.1, 0.15) is 35.2 Å². The van der Waals surface area contributed by atoms with Gasteiger partial charge in [-0.05, 0) is 73.5 Å². The summed E-state index contributed by atoms with van der Waals surface area (Å²) in [5.74, 6) is -0.577. The molecule has 0 spiro atoms. The molecule has 0 saturated carbocycles. The number of halogens is 1. The van der Waals surface area contributed by atoms with Crippen molar-refractivity contribution >= 4 is 69.6 Å². The second-order valence-electron chi connectivity index (χ2n) is 10.6. The van der Waals surface area contributed by atoms with Gasteiger partial charge in [-0.25, -0.2) is 0 Å². The molecule has 3 aromatic rings. The molecular formula is C32H33ClN6O4S. The minimum atomic E-state index is -0.551. The molecule has 12 heteroatoms. The summed E-state index contributed by atoms with van der Waals surface area (Å²) in [7, 11) is 0. The maximum Gasteiger partial charge on any atom is 0.293 e. The van der Waals surface area contributed by atoms with E-state index in [1.54, 1.807) is 30.3 Å². The van der Waals surface area contributed by atoms with E-state index in [1.807, 2.05) is 52.3 Å². The number of carbonyl (C=O) groups is 2. The molecule has 0 bridgehead atoms. The number of piperidine rings is 1. The Hall–Kier alpha value is -4.48. The van der Waals surface area contributed by atoms with Crippen LogP contribution >= 0.6 is 23.8 Å². The molecule has 2 aliphatic heterocycles. The van der Waals surface area contributed by atoms with Gasteiger partial charge in [0, 0.05) is 62.7 Å². The number of anilines is 3. The highest BCUT2D eigenvalue weighted by Gasteiger charge is 2.24. The number of nitrogens with one attached hydrogen (secondary N) is 2. The van der Waals surface area contributed by atoms with Gasteiger partial charge in [0.05, 0.1) is 15.6 Å². The van der Waals surface area contributed by atoms with Crippen LogP contribution in [0, 0.1) is 10.1 Å². The van der Waals surface area contributed by atoms with Crippen LogP contribution in [-0.2, 0) is 4.79 Å². The molecule has 2 amide bonds. The van der Waals surface area contributed by atoms with Gasteiger partial charge in [0.15, 0.2) is 5.11 Å². The predicted octanol–water partition coefficient (Wildman–Crippen LogP) is 5.73. The fourth-order valence-corrected chi connectivity index (χ4v) is 5.91. The zero-order valence-corrected chi connectivity index (χ0v) is 25.7. The summed E-state index contributed by atoms with van der Waals surface area (Å²) in [6.07, 6.45) is 6.49. The summed E-state index contributed by atoms with van der Waals surface area (Å²) in [5.41, 5.74) is 2.95. The molecular weight excluding hydrogens is 600 g/mol. The van der Waals surface area contributed by atoms with Crippen molar-refractivity contribution in [3.8, 4) is 0 Å². The summed E-state index contributed by atoms with van der Waals surface area (Å²) in [6.45, 7) is 3.92. The lowest BCUT2D eigenvalue weighted by Gasteiger charge is -2.36. The average Bonchev–Trinajstić information content (AvgIpc) is 3.04. The summed E-state index contributed by atoms with van der Waals surface area (Å²) < 4.78 is 0. The summed E-state index contributed by atoms with van der Waals surface area (Å²) in [5, 5.41) is 17.9. The van der Waals surface area contributed by atoms with Gasteiger partial charge in [-0.2, -0.15) is 0 Å². The zero-order chi connectivity index (χ0) is 31.1. The number of rotatable bonds is 7. The van der Waals surface area contributed by atoms with Gasteiger partial charge in [0.25, 0.3) is 11.6 Å². The molecule has 2 saturated heterocycles. The molecule has 2 N–H and O–H groups in total. The van der Waals surface area contributed by atoms with Crippen LogP contribution in [0.5, 0.6) is 0 Å². The first-order valence-electron chi connectivity index (χ1n) is 14.5. The normalized spacial score (nSPS) is 15.2. The Balaban J connectivity index is 1.15. The van der Waals surface area contributed by atoms with Gasteiger partial charge in [0.1, 0.15) is 5.69 Å². The van der Waals surface area contributed by atoms with E-state index in [9.17, 15) is 19.7 Å². The SMILES string of the molecule is O=C(NC(=S)Nc1ccc(N2CCN(C(=O)/C=C/c3ccccc3)CC2)c(Cl)c1)c1ccc(N2CCCCC2)c([N+](=O)[O-])c1. The predicted molar refractivity (Wildman–Crippen MR) is 179 cm³/mol. The standard InChI is InChI=1S/C32H33ClN6O4S/c33-26-22-25(11-13-27(26)37-17-19-38(20-18-37)30(40)14-9-23-7-3-1-4-8-23)34-32(44)35-31(41)24-10-12-28(29(21-24)39(42)43)36-15-5-2-6-16-36/h1,3-4,7-14,21-22H,2,5-6,15-20H2,(H2,34,35,41,44)/b14-9+. The Bertz CT molecular complexity index is 1570. The first-order valence-corrected chi connectivity index (χ1v) is 15.3. The van der Waals surface area contributed by atoms with Crippen molar-refractivity contribution in [2.24, 2.45) is 0 Å². The number of benzene rings is 3. The summed E-state index contributed by atoms with van der Waals surface area (Å²) in [4.78, 5) is 42.8. The van der Waals surface area contributed by atoms with E-state index in [0.717, 1.165) is 43.6 Å². The average molecular weight is 633 g/mol. The lowest BCUT2D eigenvalue weighted by Crippen LogP contribution is -2.48. The Morgan fingerprint density at radius 3 is 2.23 bits per heavy atom. The van der Waals surface area contributed by atoms with Crippen LogP contribution in [0.25, 0.3) is 6.08 Å². The van der Waals surface area contributed by atoms with Crippen molar-refractivity contribution in [1.29, 1.82) is 0 Å². The van der Waals surface area contributed by atoms with Crippen LogP contribution in [0.15, 0.2) is 72.8 Å². The van der Waals surface area contributed by atoms with Crippen LogP contribution in [0.3, 0.4) is 0 Å². The lowest BCUT2D eigenvalue weighted by atomic mass is 10.1. The molecule has 3 aromatic carbocycles. The van der Waals surface area contributed by atoms with Gasteiger partial charge in [0.2, 0.25) is 5.91 Å². The molecule has 0 radical (unpaired) electrons. The van der Waals surface area contributed by atoms with Gasteiger partial charge in [-0.1, -0.05) is 41.9 Å². The molecule has 0 atom stereocenters. The number of carbonyl (C=O) groups excluding carboxylic acids is 2. The zero-order valence-electron chi connectivity index (χ0n) is 24.1. The topological polar surface area (TPSA) is 111 Å². The first kappa shape index (κ1) is 31.0. The fourth-order valence-electron chi connectivity index (χ4n) is 5.40. The van der Waals surface area contributed by atoms with E-state index in [1.165, 1.54) is 6.07 Å². The summed E-state index contributed by atoms with van der Waals surface area (Å²) >= 11 is 12.0. The van der Waals surface area contributed by atoms with Crippen molar-refractivity contribution in [2.45, 2.75) is 19.3 Å². The van der Waals surface area contributed by atoms with Crippen LogP contribution in [-0.4, -0.2) is 66.0 Å². The lowest BCUT2D eigenvalue weighted by molar-refractivity contribution is -0.384. The van der Waals surface area contributed by atoms with Crippen molar-refractivity contribution in [2.75, 3.05) is 54.4 Å². The maximum absolute atomic E-state index is 12.9. The molecule has 10 nitrogen and oxygen atoms in total. The number of piperazine rings is 1. The Morgan fingerprint density at radius 1 is 0.864 bits per heavy atom. The van der Waals surface area contributed by atoms with Crippen molar-refractivity contribution in [3.63, 3.8) is 0 Å². The number of thiocarbonyl (C=S) groups is 1. The smallest absolute Gasteiger partial charge is 0.293 e. The number of hydrogen-bond donors (Lipinski definition) is 2. The van der Waals surface area contributed by atoms with E-state index in [4.69, 9.17) is 23.8 Å². The highest BCUT2D eigenvalue weighted by atomic mass is 35.5. The molecule has 0 unspecified atom stereocenters. The maximum atomic E-state index is 12.9. The van der Waals surface area contributed by atoms with E-state index in [-0.39, 0.29) is 22.3 Å². The first-order chi connectivity index (χ1) is 21.3. The quantitative estimate of drug-likeness (QED) is 0.147. The van der Waals surface area contributed by atoms with Gasteiger partial charge in [-0.3, -0.25) is 25.0 Å². The molecule has 2 heterocycles. The van der Waals surface area contributed by atoms with Crippen molar-refractivity contribution < 1.29 is 14.5 Å². The van der Waals surface area contributed by atoms with Crippen molar-refractivity contribution in [1.82, 2.24) is 10.2 Å². The Kier molecular flexibility index (Phi) is 10.1. The molecule has 2 fully saturated rings. The van der Waals surface area contributed by atoms with Crippen LogP contribution in [0.4, 0.5) is 22.7 Å². The van der Waals surface area contributed by atoms with Crippen LogP contribution in [0.2, 0.25) is 5.02 Å². The Morgan fingerprint density at radius 2 is 1.55 bits per heavy atom. The van der Waals surface area contributed by atoms with Crippen LogP contribution < -0.4 is 20.4 Å². The van der Waals surface area contributed by atoms with Gasteiger partial charge >= 0.3 is 0 Å². The number of hydrogen-bond acceptors (Lipinski definition) is 7. The van der Waals surface area contributed by atoms with Gasteiger partial charge in [-0.15, -0.1) is 0 Å².